The van der Waals surface area contributed by atoms with Crippen LogP contribution in [0.15, 0.2) is 47.5 Å². The predicted octanol–water partition coefficient (Wildman–Crippen LogP) is 3.22. The predicted molar refractivity (Wildman–Crippen MR) is 91.6 cm³/mol. The number of pyridine rings is 1. The highest BCUT2D eigenvalue weighted by atomic mass is 15.4. The van der Waals surface area contributed by atoms with Gasteiger partial charge in [-0.15, -0.1) is 0 Å². The molecule has 0 amide bonds. The van der Waals surface area contributed by atoms with Crippen LogP contribution in [0.3, 0.4) is 0 Å². The van der Waals surface area contributed by atoms with Crippen molar-refractivity contribution in [2.75, 3.05) is 0 Å². The summed E-state index contributed by atoms with van der Waals surface area (Å²) in [4.78, 5) is 4.74. The van der Waals surface area contributed by atoms with E-state index in [4.69, 9.17) is 10.1 Å². The summed E-state index contributed by atoms with van der Waals surface area (Å²) in [5.41, 5.74) is 5.22. The third-order valence-electron chi connectivity index (χ3n) is 4.01. The number of rotatable bonds is 5. The lowest BCUT2D eigenvalue weighted by Crippen LogP contribution is -2.40. The van der Waals surface area contributed by atoms with E-state index in [1.807, 2.05) is 30.3 Å². The molecule has 4 heteroatoms. The van der Waals surface area contributed by atoms with Crippen LogP contribution in [0, 0.1) is 13.8 Å². The topological polar surface area (TPSA) is 34.8 Å². The summed E-state index contributed by atoms with van der Waals surface area (Å²) in [6.45, 7) is 7.40. The zero-order chi connectivity index (χ0) is 16.2. The lowest BCUT2D eigenvalue weighted by molar-refractivity contribution is -0.734. The van der Waals surface area contributed by atoms with Crippen LogP contribution in [0.1, 0.15) is 37.4 Å². The van der Waals surface area contributed by atoms with Crippen LogP contribution in [0.4, 0.5) is 5.69 Å². The molecule has 0 fully saturated rings. The van der Waals surface area contributed by atoms with E-state index in [2.05, 4.69) is 42.0 Å². The van der Waals surface area contributed by atoms with Crippen molar-refractivity contribution in [3.05, 3.63) is 59.3 Å². The molecule has 0 saturated carbocycles. The third-order valence-corrected chi connectivity index (χ3v) is 4.01. The first-order chi connectivity index (χ1) is 11.2. The van der Waals surface area contributed by atoms with E-state index in [0.29, 0.717) is 0 Å². The molecule has 0 bridgehead atoms. The Morgan fingerprint density at radius 1 is 1.09 bits per heavy atom. The van der Waals surface area contributed by atoms with E-state index in [1.54, 1.807) is 0 Å². The molecule has 1 aromatic carbocycles. The first-order valence-electron chi connectivity index (χ1n) is 8.35. The summed E-state index contributed by atoms with van der Waals surface area (Å²) in [7, 11) is 0. The minimum absolute atomic E-state index is 0.750. The zero-order valence-corrected chi connectivity index (χ0v) is 14.2. The highest BCUT2D eigenvalue weighted by Gasteiger charge is 2.05. The summed E-state index contributed by atoms with van der Waals surface area (Å²) in [5.74, 6) is 0. The van der Waals surface area contributed by atoms with Crippen molar-refractivity contribution in [2.24, 2.45) is 4.99 Å². The fourth-order valence-electron chi connectivity index (χ4n) is 2.91. The van der Waals surface area contributed by atoms with Gasteiger partial charge < -0.3 is 9.39 Å². The second-order valence-electron chi connectivity index (χ2n) is 6.05. The fourth-order valence-corrected chi connectivity index (χ4v) is 2.91. The van der Waals surface area contributed by atoms with E-state index >= 15 is 0 Å². The first-order valence-corrected chi connectivity index (χ1v) is 8.35. The monoisotopic (exact) mass is 308 g/mol. The van der Waals surface area contributed by atoms with Gasteiger partial charge in [0.2, 0.25) is 0 Å². The largest absolute Gasteiger partial charge is 0.356 e. The maximum Gasteiger partial charge on any atom is 0.156 e. The molecule has 0 spiro atoms. The van der Waals surface area contributed by atoms with Gasteiger partial charge in [0.1, 0.15) is 0 Å². The van der Waals surface area contributed by atoms with Crippen molar-refractivity contribution in [1.29, 1.82) is 0 Å². The maximum absolute atomic E-state index is 4.77. The average Bonchev–Trinajstić information content (AvgIpc) is 2.86. The summed E-state index contributed by atoms with van der Waals surface area (Å²) in [5, 5.41) is 4.77. The number of fused-ring (bicyclic) bond motifs is 1. The van der Waals surface area contributed by atoms with E-state index in [1.165, 1.54) is 18.4 Å². The SMILES string of the molecule is CCCCC[n+]1[n-]c(=Nc2ccccc2)n2c(C)cc(C)cc21. The minimum atomic E-state index is 0.750. The highest BCUT2D eigenvalue weighted by molar-refractivity contribution is 5.39. The molecule has 120 valence electrons. The molecule has 0 aliphatic heterocycles. The Hall–Kier alpha value is -2.36. The molecular formula is C19H24N4. The van der Waals surface area contributed by atoms with Gasteiger partial charge in [-0.1, -0.05) is 49.7 Å². The smallest absolute Gasteiger partial charge is 0.156 e. The Kier molecular flexibility index (Phi) is 4.60. The normalized spacial score (nSPS) is 12.2. The van der Waals surface area contributed by atoms with Gasteiger partial charge in [0.05, 0.1) is 12.2 Å². The Bertz CT molecular complexity index is 856. The highest BCUT2D eigenvalue weighted by Crippen LogP contribution is 2.09. The quantitative estimate of drug-likeness (QED) is 0.526. The van der Waals surface area contributed by atoms with Gasteiger partial charge in [0.25, 0.3) is 0 Å². The van der Waals surface area contributed by atoms with Crippen LogP contribution >= 0.6 is 0 Å². The maximum atomic E-state index is 4.77. The molecule has 0 atom stereocenters. The van der Waals surface area contributed by atoms with Gasteiger partial charge in [-0.05, 0) is 49.7 Å². The van der Waals surface area contributed by atoms with Crippen molar-refractivity contribution in [3.8, 4) is 0 Å². The molecule has 2 aromatic heterocycles. The Balaban J connectivity index is 2.16. The lowest BCUT2D eigenvalue weighted by Gasteiger charge is -2.07. The summed E-state index contributed by atoms with van der Waals surface area (Å²) in [6.07, 6.45) is 3.58. The van der Waals surface area contributed by atoms with Crippen LogP contribution in [0.25, 0.3) is 5.65 Å². The Morgan fingerprint density at radius 2 is 1.87 bits per heavy atom. The number of unbranched alkanes of at least 4 members (excludes halogenated alkanes) is 2. The first kappa shape index (κ1) is 15.5. The second kappa shape index (κ2) is 6.82. The third kappa shape index (κ3) is 3.36. The molecule has 0 aliphatic carbocycles. The molecule has 0 unspecified atom stereocenters. The van der Waals surface area contributed by atoms with E-state index in [0.717, 1.165) is 35.6 Å². The van der Waals surface area contributed by atoms with Crippen LogP contribution in [0.5, 0.6) is 0 Å². The molecule has 4 nitrogen and oxygen atoms in total. The van der Waals surface area contributed by atoms with Crippen molar-refractivity contribution >= 4 is 11.3 Å². The summed E-state index contributed by atoms with van der Waals surface area (Å²) < 4.78 is 4.24. The molecule has 3 rings (SSSR count). The van der Waals surface area contributed by atoms with Gasteiger partial charge in [0, 0.05) is 0 Å². The van der Waals surface area contributed by atoms with Gasteiger partial charge >= 0.3 is 0 Å². The lowest BCUT2D eigenvalue weighted by atomic mass is 10.2. The Morgan fingerprint density at radius 3 is 2.61 bits per heavy atom. The molecule has 3 aromatic rings. The minimum Gasteiger partial charge on any atom is -0.356 e. The van der Waals surface area contributed by atoms with Crippen LogP contribution in [-0.2, 0) is 6.54 Å². The number of aromatic nitrogens is 3. The standard InChI is InChI=1S/C19H24N4/c1-4-5-9-12-22-18-14-15(2)13-16(3)23(18)19(21-22)20-17-10-7-6-8-11-17/h6-8,10-11,13-14H,4-5,9,12H2,1-3H3. The van der Waals surface area contributed by atoms with Crippen molar-refractivity contribution in [3.63, 3.8) is 0 Å². The van der Waals surface area contributed by atoms with Crippen LogP contribution < -0.4 is 15.4 Å². The molecule has 0 aliphatic rings. The Labute approximate surface area is 137 Å². The van der Waals surface area contributed by atoms with E-state index < -0.39 is 0 Å². The van der Waals surface area contributed by atoms with Gasteiger partial charge in [-0.25, -0.2) is 9.78 Å². The summed E-state index contributed by atoms with van der Waals surface area (Å²) in [6, 6.07) is 14.4. The van der Waals surface area contributed by atoms with Crippen LogP contribution in [-0.4, -0.2) is 4.40 Å². The van der Waals surface area contributed by atoms with Crippen LogP contribution in [0.2, 0.25) is 0 Å². The number of benzene rings is 1. The number of hydrogen-bond acceptors (Lipinski definition) is 1. The van der Waals surface area contributed by atoms with Gasteiger partial charge in [-0.3, -0.25) is 0 Å². The fraction of sp³-hybridized carbons (Fsp3) is 0.368. The van der Waals surface area contributed by atoms with Crippen molar-refractivity contribution in [1.82, 2.24) is 9.50 Å². The van der Waals surface area contributed by atoms with E-state index in [9.17, 15) is 0 Å². The molecule has 0 N–H and O–H groups in total. The molecule has 0 saturated heterocycles. The molecule has 0 radical (unpaired) electrons. The van der Waals surface area contributed by atoms with Crippen molar-refractivity contribution in [2.45, 2.75) is 46.6 Å². The number of aryl methyl sites for hydroxylation is 3. The zero-order valence-electron chi connectivity index (χ0n) is 14.2. The van der Waals surface area contributed by atoms with Crippen molar-refractivity contribution < 1.29 is 4.68 Å². The number of nitrogens with zero attached hydrogens (tertiary/aromatic N) is 4. The van der Waals surface area contributed by atoms with E-state index in [-0.39, 0.29) is 0 Å². The summed E-state index contributed by atoms with van der Waals surface area (Å²) >= 11 is 0. The number of para-hydroxylation sites is 1. The molecular weight excluding hydrogens is 284 g/mol. The molecule has 23 heavy (non-hydrogen) atoms. The molecule has 2 heterocycles. The van der Waals surface area contributed by atoms with Gasteiger partial charge in [0.15, 0.2) is 5.65 Å². The van der Waals surface area contributed by atoms with Gasteiger partial charge in [-0.2, -0.15) is 0 Å². The number of hydrogen-bond donors (Lipinski definition) is 0. The average molecular weight is 308 g/mol. The second-order valence-corrected chi connectivity index (χ2v) is 6.05.